The van der Waals surface area contributed by atoms with Crippen molar-refractivity contribution in [2.75, 3.05) is 6.26 Å². The zero-order chi connectivity index (χ0) is 46.4. The lowest BCUT2D eigenvalue weighted by Gasteiger charge is -2.06. The molecule has 0 bridgehead atoms. The van der Waals surface area contributed by atoms with Crippen molar-refractivity contribution >= 4 is 21.4 Å². The first-order valence-electron chi connectivity index (χ1n) is 21.2. The van der Waals surface area contributed by atoms with Gasteiger partial charge in [0.2, 0.25) is 0 Å². The number of pyridine rings is 2. The lowest BCUT2D eigenvalue weighted by Crippen LogP contribution is -1.98. The van der Waals surface area contributed by atoms with Gasteiger partial charge in [0.05, 0.1) is 4.90 Å². The third-order valence-corrected chi connectivity index (χ3v) is 9.68. The van der Waals surface area contributed by atoms with Crippen LogP contribution < -0.4 is 0 Å². The molecule has 10 heteroatoms. The Morgan fingerprint density at radius 2 is 0.983 bits per heavy atom. The van der Waals surface area contributed by atoms with Gasteiger partial charge in [-0.15, -0.1) is 0 Å². The van der Waals surface area contributed by atoms with Crippen LogP contribution in [0.4, 0.5) is 0 Å². The van der Waals surface area contributed by atoms with Gasteiger partial charge in [-0.05, 0) is 101 Å². The molecule has 0 aliphatic carbocycles. The van der Waals surface area contributed by atoms with E-state index in [1.54, 1.807) is 43.0 Å². The third-order valence-electron chi connectivity index (χ3n) is 8.36. The van der Waals surface area contributed by atoms with E-state index in [1.807, 2.05) is 62.6 Å². The van der Waals surface area contributed by atoms with Crippen LogP contribution in [0.25, 0.3) is 0 Å². The summed E-state index contributed by atoms with van der Waals surface area (Å²) >= 11 is 5.64. The van der Waals surface area contributed by atoms with E-state index in [0.29, 0.717) is 39.6 Å². The lowest BCUT2D eigenvalue weighted by atomic mass is 10.0. The zero-order valence-corrected chi connectivity index (χ0v) is 41.8. The maximum atomic E-state index is 11.2. The quantitative estimate of drug-likeness (QED) is 0.149. The molecule has 1 aromatic carbocycles. The van der Waals surface area contributed by atoms with Gasteiger partial charge < -0.3 is 0 Å². The molecule has 0 amide bonds. The average molecular weight is 864 g/mol. The van der Waals surface area contributed by atoms with Crippen molar-refractivity contribution in [3.63, 3.8) is 0 Å². The maximum absolute atomic E-state index is 11.2. The second-order valence-electron chi connectivity index (χ2n) is 17.3. The largest absolute Gasteiger partial charge is 0.264 e. The molecule has 4 aromatic heterocycles. The van der Waals surface area contributed by atoms with Gasteiger partial charge in [0.25, 0.3) is 0 Å². The summed E-state index contributed by atoms with van der Waals surface area (Å²) < 4.78 is 22.4. The number of sulfone groups is 1. The van der Waals surface area contributed by atoms with E-state index < -0.39 is 9.84 Å². The van der Waals surface area contributed by atoms with Crippen LogP contribution in [-0.4, -0.2) is 44.6 Å². The summed E-state index contributed by atoms with van der Waals surface area (Å²) in [5, 5.41) is 0.513. The fourth-order valence-corrected chi connectivity index (χ4v) is 4.68. The smallest absolute Gasteiger partial charge is 0.175 e. The number of hydrogen-bond donors (Lipinski definition) is 0. The first-order chi connectivity index (χ1) is 27.9. The summed E-state index contributed by atoms with van der Waals surface area (Å²) in [6, 6.07) is 20.9. The third kappa shape index (κ3) is 30.9. The molecule has 5 aromatic rings. The van der Waals surface area contributed by atoms with Crippen molar-refractivity contribution < 1.29 is 8.42 Å². The van der Waals surface area contributed by atoms with Gasteiger partial charge in [0.15, 0.2) is 9.84 Å². The highest BCUT2D eigenvalue weighted by Crippen LogP contribution is 2.18. The molecule has 0 saturated carbocycles. The topological polar surface area (TPSA) is 111 Å². The van der Waals surface area contributed by atoms with E-state index in [0.717, 1.165) is 40.4 Å². The monoisotopic (exact) mass is 863 g/mol. The molecule has 0 aliphatic heterocycles. The Labute approximate surface area is 371 Å². The van der Waals surface area contributed by atoms with Crippen LogP contribution in [0.1, 0.15) is 176 Å². The molecule has 0 N–H and O–H groups in total. The van der Waals surface area contributed by atoms with Crippen LogP contribution in [0.3, 0.4) is 0 Å². The van der Waals surface area contributed by atoms with Crippen LogP contribution in [0.15, 0.2) is 109 Å². The van der Waals surface area contributed by atoms with Gasteiger partial charge in [-0.25, -0.2) is 28.4 Å². The Bertz CT molecular complexity index is 1760. The Kier molecular flexibility index (Phi) is 31.6. The SMILES string of the molecule is CC(C)C.CC(C)C(C)C.CC(C)c1cc(Cl)ncn1.CC(C)c1cccc(S(C)(=O)=O)c1.CC(C)c1ccccn1.CC(C)c1cccnc1.CC(C)c1ccncn1. The molecule has 0 spiro atoms. The number of hydrogen-bond acceptors (Lipinski definition) is 8. The van der Waals surface area contributed by atoms with Crippen molar-refractivity contribution in [3.8, 4) is 0 Å². The van der Waals surface area contributed by atoms with Gasteiger partial charge >= 0.3 is 0 Å². The van der Waals surface area contributed by atoms with E-state index in [4.69, 9.17) is 11.6 Å². The van der Waals surface area contributed by atoms with Gasteiger partial charge in [0.1, 0.15) is 17.8 Å². The highest BCUT2D eigenvalue weighted by atomic mass is 35.5. The second kappa shape index (κ2) is 32.7. The summed E-state index contributed by atoms with van der Waals surface area (Å²) in [4.78, 5) is 24.3. The van der Waals surface area contributed by atoms with Crippen LogP contribution in [0, 0.1) is 17.8 Å². The summed E-state index contributed by atoms with van der Waals surface area (Å²) in [6.45, 7) is 36.5. The van der Waals surface area contributed by atoms with Crippen LogP contribution >= 0.6 is 11.6 Å². The van der Waals surface area contributed by atoms with Crippen molar-refractivity contribution in [2.24, 2.45) is 17.8 Å². The van der Waals surface area contributed by atoms with Crippen LogP contribution in [-0.2, 0) is 9.84 Å². The highest BCUT2D eigenvalue weighted by Gasteiger charge is 2.08. The predicted octanol–water partition coefficient (Wildman–Crippen LogP) is 14.4. The Morgan fingerprint density at radius 1 is 0.467 bits per heavy atom. The maximum Gasteiger partial charge on any atom is 0.175 e. The van der Waals surface area contributed by atoms with E-state index in [2.05, 4.69) is 140 Å². The highest BCUT2D eigenvalue weighted by molar-refractivity contribution is 7.90. The predicted molar refractivity (Wildman–Crippen MR) is 258 cm³/mol. The molecular formula is C50H79ClN6O2S. The van der Waals surface area contributed by atoms with E-state index in [9.17, 15) is 8.42 Å². The number of benzene rings is 1. The molecule has 60 heavy (non-hydrogen) atoms. The van der Waals surface area contributed by atoms with E-state index in [-0.39, 0.29) is 0 Å². The molecule has 334 valence electrons. The van der Waals surface area contributed by atoms with Crippen LogP contribution in [0.2, 0.25) is 5.15 Å². The van der Waals surface area contributed by atoms with Crippen molar-refractivity contribution in [2.45, 2.75) is 152 Å². The minimum atomic E-state index is -3.06. The van der Waals surface area contributed by atoms with Crippen molar-refractivity contribution in [1.82, 2.24) is 29.9 Å². The van der Waals surface area contributed by atoms with E-state index in [1.165, 1.54) is 18.1 Å². The first kappa shape index (κ1) is 58.0. The van der Waals surface area contributed by atoms with Crippen LogP contribution in [0.5, 0.6) is 0 Å². The van der Waals surface area contributed by atoms with Crippen molar-refractivity contribution in [3.05, 3.63) is 138 Å². The Morgan fingerprint density at radius 3 is 1.30 bits per heavy atom. The second-order valence-corrected chi connectivity index (χ2v) is 19.7. The minimum Gasteiger partial charge on any atom is -0.264 e. The number of aromatic nitrogens is 6. The molecule has 0 aliphatic rings. The number of rotatable bonds is 7. The van der Waals surface area contributed by atoms with Gasteiger partial charge in [0, 0.05) is 48.1 Å². The summed E-state index contributed by atoms with van der Waals surface area (Å²) in [5.41, 5.74) is 5.61. The lowest BCUT2D eigenvalue weighted by molar-refractivity contribution is 0.457. The molecule has 0 atom stereocenters. The molecule has 8 nitrogen and oxygen atoms in total. The molecule has 0 radical (unpaired) electrons. The molecule has 0 saturated heterocycles. The first-order valence-corrected chi connectivity index (χ1v) is 23.5. The zero-order valence-electron chi connectivity index (χ0n) is 40.2. The standard InChI is InChI=1S/C10H14O2S.2C8H11N.C7H9ClN2.C7H10N2.C6H14.C4H10/c1-8(2)9-5-4-6-10(7-9)13(3,11)12;1-7(2)8-4-3-5-9-6-8;1-7(2)8-5-3-4-6-9-8;1-5(2)6-3-7(8)10-4-9-6;1-6(2)7-3-4-8-5-9-7;1-5(2)6(3)4;1-4(2)3/h4-8H,1-3H3;2*3-7H,1-2H3;3-5H,1-2H3;3-6H,1-2H3;5-6H,1-4H3;4H,1-3H3. The fraction of sp³-hybridized carbons (Fsp3) is 0.520. The Balaban J connectivity index is 0. The normalized spacial score (nSPS) is 10.6. The summed E-state index contributed by atoms with van der Waals surface area (Å²) in [6.07, 6.45) is 11.6. The molecule has 4 heterocycles. The summed E-state index contributed by atoms with van der Waals surface area (Å²) in [7, 11) is -3.06. The molecule has 0 fully saturated rings. The van der Waals surface area contributed by atoms with E-state index >= 15 is 0 Å². The Hall–Kier alpha value is -4.08. The number of nitrogens with zero attached hydrogens (tertiary/aromatic N) is 6. The molecular weight excluding hydrogens is 784 g/mol. The average Bonchev–Trinajstić information content (AvgIpc) is 3.19. The molecule has 5 rings (SSSR count). The summed E-state index contributed by atoms with van der Waals surface area (Å²) in [5.74, 6) is 4.97. The number of halogens is 1. The van der Waals surface area contributed by atoms with Gasteiger partial charge in [-0.3, -0.25) is 9.97 Å². The van der Waals surface area contributed by atoms with Gasteiger partial charge in [-0.2, -0.15) is 0 Å². The van der Waals surface area contributed by atoms with Gasteiger partial charge in [-0.1, -0.05) is 154 Å². The molecule has 0 unspecified atom stereocenters. The fourth-order valence-electron chi connectivity index (χ4n) is 3.84. The minimum absolute atomic E-state index is 0.363. The van der Waals surface area contributed by atoms with Crippen molar-refractivity contribution in [1.29, 1.82) is 0 Å².